The molecule has 0 N–H and O–H groups in total. The molecule has 5 heteroatoms. The first kappa shape index (κ1) is 10.5. The molecule has 3 rings (SSSR count). The Labute approximate surface area is 98.1 Å². The Hall–Kier alpha value is -1.65. The number of carboxylic acid groups (broad SMARTS) is 1. The number of aliphatic carboxylic acids is 1. The summed E-state index contributed by atoms with van der Waals surface area (Å²) in [7, 11) is 0. The molecule has 1 saturated carbocycles. The Kier molecular flexibility index (Phi) is 1.83. The standard InChI is InChI=1S/C12H13NO4/c1-12-7-3-2-6(4-7)9(12)10(16)13(11(12)17)5-8(14)15/h2-3,6-7,9H,4-5H2,1H3,(H,14,15)/p-1/t6-,7-,9-,12+/m1/s1. The van der Waals surface area contributed by atoms with Gasteiger partial charge in [0.25, 0.3) is 0 Å². The van der Waals surface area contributed by atoms with Crippen LogP contribution in [0.3, 0.4) is 0 Å². The third-order valence-corrected chi connectivity index (χ3v) is 4.49. The summed E-state index contributed by atoms with van der Waals surface area (Å²) in [6, 6.07) is 0. The van der Waals surface area contributed by atoms with E-state index in [-0.39, 0.29) is 29.6 Å². The summed E-state index contributed by atoms with van der Waals surface area (Å²) in [5.74, 6) is -2.30. The maximum absolute atomic E-state index is 12.2. The average Bonchev–Trinajstić information content (AvgIpc) is 2.87. The van der Waals surface area contributed by atoms with Gasteiger partial charge in [0.1, 0.15) is 0 Å². The fourth-order valence-electron chi connectivity index (χ4n) is 3.66. The van der Waals surface area contributed by atoms with Crippen molar-refractivity contribution in [2.24, 2.45) is 23.2 Å². The molecule has 4 atom stereocenters. The number of carbonyl (C=O) groups is 3. The quantitative estimate of drug-likeness (QED) is 0.450. The number of amides is 2. The molecule has 0 aromatic heterocycles. The van der Waals surface area contributed by atoms with Crippen LogP contribution < -0.4 is 5.11 Å². The maximum Gasteiger partial charge on any atom is 0.236 e. The Balaban J connectivity index is 2.00. The van der Waals surface area contributed by atoms with Gasteiger partial charge in [0, 0.05) is 0 Å². The van der Waals surface area contributed by atoms with Gasteiger partial charge < -0.3 is 9.90 Å². The summed E-state index contributed by atoms with van der Waals surface area (Å²) in [6.45, 7) is 1.16. The highest BCUT2D eigenvalue weighted by Crippen LogP contribution is 2.60. The van der Waals surface area contributed by atoms with Crippen molar-refractivity contribution in [2.75, 3.05) is 6.54 Å². The van der Waals surface area contributed by atoms with Crippen LogP contribution in [0.1, 0.15) is 13.3 Å². The molecular weight excluding hydrogens is 222 g/mol. The van der Waals surface area contributed by atoms with Crippen LogP contribution in [0.25, 0.3) is 0 Å². The fourth-order valence-corrected chi connectivity index (χ4v) is 3.66. The maximum atomic E-state index is 12.2. The van der Waals surface area contributed by atoms with E-state index < -0.39 is 17.9 Å². The van der Waals surface area contributed by atoms with Crippen molar-refractivity contribution < 1.29 is 19.5 Å². The molecular formula is C12H12NO4-. The van der Waals surface area contributed by atoms with E-state index >= 15 is 0 Å². The van der Waals surface area contributed by atoms with Crippen molar-refractivity contribution in [3.63, 3.8) is 0 Å². The highest BCUT2D eigenvalue weighted by molar-refractivity contribution is 6.10. The van der Waals surface area contributed by atoms with Crippen molar-refractivity contribution in [3.8, 4) is 0 Å². The minimum Gasteiger partial charge on any atom is -0.548 e. The van der Waals surface area contributed by atoms with Gasteiger partial charge in [-0.15, -0.1) is 0 Å². The second-order valence-corrected chi connectivity index (χ2v) is 5.25. The lowest BCUT2D eigenvalue weighted by molar-refractivity contribution is -0.305. The molecule has 17 heavy (non-hydrogen) atoms. The molecule has 1 saturated heterocycles. The molecule has 3 aliphatic rings. The molecule has 0 radical (unpaired) electrons. The first-order valence-corrected chi connectivity index (χ1v) is 5.70. The molecule has 0 unspecified atom stereocenters. The van der Waals surface area contributed by atoms with E-state index in [9.17, 15) is 19.5 Å². The minimum absolute atomic E-state index is 0.0701. The van der Waals surface area contributed by atoms with E-state index in [1.54, 1.807) is 6.92 Å². The van der Waals surface area contributed by atoms with Crippen molar-refractivity contribution in [2.45, 2.75) is 13.3 Å². The largest absolute Gasteiger partial charge is 0.548 e. The Morgan fingerprint density at radius 3 is 2.82 bits per heavy atom. The van der Waals surface area contributed by atoms with Crippen LogP contribution in [-0.4, -0.2) is 29.2 Å². The summed E-state index contributed by atoms with van der Waals surface area (Å²) < 4.78 is 0. The number of nitrogens with zero attached hydrogens (tertiary/aromatic N) is 1. The van der Waals surface area contributed by atoms with Gasteiger partial charge >= 0.3 is 0 Å². The zero-order chi connectivity index (χ0) is 12.4. The number of carboxylic acids is 1. The zero-order valence-corrected chi connectivity index (χ0v) is 9.38. The summed E-state index contributed by atoms with van der Waals surface area (Å²) in [4.78, 5) is 35.8. The highest BCUT2D eigenvalue weighted by Gasteiger charge is 2.66. The number of rotatable bonds is 2. The number of hydrogen-bond acceptors (Lipinski definition) is 4. The molecule has 1 heterocycles. The van der Waals surface area contributed by atoms with Gasteiger partial charge in [0.15, 0.2) is 0 Å². The number of allylic oxidation sites excluding steroid dienone is 2. The van der Waals surface area contributed by atoms with E-state index in [1.807, 2.05) is 12.2 Å². The van der Waals surface area contributed by atoms with Crippen LogP contribution in [-0.2, 0) is 14.4 Å². The number of likely N-dealkylation sites (tertiary alicyclic amines) is 1. The molecule has 90 valence electrons. The van der Waals surface area contributed by atoms with Crippen LogP contribution in [0, 0.1) is 23.2 Å². The van der Waals surface area contributed by atoms with E-state index in [4.69, 9.17) is 0 Å². The van der Waals surface area contributed by atoms with Gasteiger partial charge in [-0.25, -0.2) is 0 Å². The molecule has 0 spiro atoms. The van der Waals surface area contributed by atoms with Crippen LogP contribution in [0.5, 0.6) is 0 Å². The predicted molar refractivity (Wildman–Crippen MR) is 54.1 cm³/mol. The van der Waals surface area contributed by atoms with Crippen LogP contribution in [0.15, 0.2) is 12.2 Å². The Bertz CT molecular complexity index is 469. The van der Waals surface area contributed by atoms with E-state index in [0.717, 1.165) is 11.3 Å². The van der Waals surface area contributed by atoms with Crippen molar-refractivity contribution >= 4 is 17.8 Å². The van der Waals surface area contributed by atoms with Crippen LogP contribution >= 0.6 is 0 Å². The second-order valence-electron chi connectivity index (χ2n) is 5.25. The topological polar surface area (TPSA) is 77.5 Å². The lowest BCUT2D eigenvalue weighted by Gasteiger charge is -2.28. The zero-order valence-electron chi connectivity index (χ0n) is 9.38. The number of fused-ring (bicyclic) bond motifs is 5. The van der Waals surface area contributed by atoms with Crippen molar-refractivity contribution in [1.82, 2.24) is 4.90 Å². The average molecular weight is 234 g/mol. The smallest absolute Gasteiger partial charge is 0.236 e. The van der Waals surface area contributed by atoms with Crippen molar-refractivity contribution in [1.29, 1.82) is 0 Å². The van der Waals surface area contributed by atoms with E-state index in [1.165, 1.54) is 0 Å². The number of hydrogen-bond donors (Lipinski definition) is 0. The van der Waals surface area contributed by atoms with Gasteiger partial charge in [-0.05, 0) is 25.2 Å². The number of imide groups is 1. The lowest BCUT2D eigenvalue weighted by Crippen LogP contribution is -2.43. The third-order valence-electron chi connectivity index (χ3n) is 4.49. The SMILES string of the molecule is C[C@@]12C(=O)N(CC(=O)[O-])C(=O)[C@H]1[C@@H]1C=C[C@@H]2C1. The van der Waals surface area contributed by atoms with Gasteiger partial charge in [-0.1, -0.05) is 12.2 Å². The van der Waals surface area contributed by atoms with Crippen LogP contribution in [0.2, 0.25) is 0 Å². The third kappa shape index (κ3) is 1.06. The Morgan fingerprint density at radius 2 is 2.24 bits per heavy atom. The summed E-state index contributed by atoms with van der Waals surface area (Å²) in [6.07, 6.45) is 4.79. The molecule has 2 aliphatic carbocycles. The van der Waals surface area contributed by atoms with Crippen molar-refractivity contribution in [3.05, 3.63) is 12.2 Å². The molecule has 2 fully saturated rings. The monoisotopic (exact) mass is 234 g/mol. The molecule has 2 bridgehead atoms. The van der Waals surface area contributed by atoms with Gasteiger partial charge in [-0.3, -0.25) is 14.5 Å². The van der Waals surface area contributed by atoms with Crippen LogP contribution in [0.4, 0.5) is 0 Å². The minimum atomic E-state index is -1.39. The number of carbonyl (C=O) groups excluding carboxylic acids is 3. The Morgan fingerprint density at radius 1 is 1.53 bits per heavy atom. The first-order valence-electron chi connectivity index (χ1n) is 5.70. The summed E-state index contributed by atoms with van der Waals surface area (Å²) >= 11 is 0. The molecule has 0 aromatic rings. The summed E-state index contributed by atoms with van der Waals surface area (Å²) in [5, 5.41) is 10.6. The molecule has 1 aliphatic heterocycles. The second kappa shape index (κ2) is 2.97. The normalized spacial score (nSPS) is 42.4. The van der Waals surface area contributed by atoms with Gasteiger partial charge in [0.2, 0.25) is 11.8 Å². The highest BCUT2D eigenvalue weighted by atomic mass is 16.4. The van der Waals surface area contributed by atoms with Gasteiger partial charge in [0.05, 0.1) is 23.8 Å². The molecule has 2 amide bonds. The van der Waals surface area contributed by atoms with E-state index in [0.29, 0.717) is 0 Å². The van der Waals surface area contributed by atoms with E-state index in [2.05, 4.69) is 0 Å². The predicted octanol–water partition coefficient (Wildman–Crippen LogP) is -1.07. The van der Waals surface area contributed by atoms with Gasteiger partial charge in [-0.2, -0.15) is 0 Å². The first-order chi connectivity index (χ1) is 7.96. The molecule has 5 nitrogen and oxygen atoms in total. The fraction of sp³-hybridized carbons (Fsp3) is 0.583. The lowest BCUT2D eigenvalue weighted by atomic mass is 9.71. The molecule has 0 aromatic carbocycles. The summed E-state index contributed by atoms with van der Waals surface area (Å²) in [5.41, 5.74) is -0.730.